The van der Waals surface area contributed by atoms with E-state index >= 15 is 0 Å². The van der Waals surface area contributed by atoms with Crippen LogP contribution in [0.25, 0.3) is 0 Å². The molecule has 0 aromatic carbocycles. The van der Waals surface area contributed by atoms with Gasteiger partial charge in [-0.15, -0.1) is 0 Å². The summed E-state index contributed by atoms with van der Waals surface area (Å²) in [5.74, 6) is 0. The summed E-state index contributed by atoms with van der Waals surface area (Å²) in [6.07, 6.45) is 15.9. The molecule has 0 aliphatic heterocycles. The lowest BCUT2D eigenvalue weighted by Gasteiger charge is -1.92. The van der Waals surface area contributed by atoms with E-state index in [1.165, 1.54) is 0 Å². The normalized spacial score (nSPS) is 11.8. The molecule has 0 heterocycles. The van der Waals surface area contributed by atoms with Crippen LogP contribution < -0.4 is 0 Å². The maximum absolute atomic E-state index is 7.62. The zero-order valence-corrected chi connectivity index (χ0v) is 10.7. The second-order valence-corrected chi connectivity index (χ2v) is 2.89. The van der Waals surface area contributed by atoms with Gasteiger partial charge in [-0.05, 0) is 13.8 Å². The van der Waals surface area contributed by atoms with E-state index in [1.54, 1.807) is 0 Å². The van der Waals surface area contributed by atoms with Gasteiger partial charge in [0.15, 0.2) is 0 Å². The average Bonchev–Trinajstić information content (AvgIpc) is 2.37. The average molecular weight is 240 g/mol. The van der Waals surface area contributed by atoms with E-state index in [9.17, 15) is 0 Å². The summed E-state index contributed by atoms with van der Waals surface area (Å²) in [4.78, 5) is 0. The minimum Gasteiger partial charge on any atom is -0.394 e. The molecule has 0 atom stereocenters. The first-order chi connectivity index (χ1) is 8.33. The summed E-state index contributed by atoms with van der Waals surface area (Å²) in [5.41, 5.74) is 0. The molecule has 17 heavy (non-hydrogen) atoms. The van der Waals surface area contributed by atoms with Crippen molar-refractivity contribution in [1.82, 2.24) is 0 Å². The Kier molecular flexibility index (Phi) is 21.7. The highest BCUT2D eigenvalue weighted by Crippen LogP contribution is 1.82. The first-order valence-corrected chi connectivity index (χ1v) is 5.68. The molecule has 3 nitrogen and oxygen atoms in total. The molecule has 0 fully saturated rings. The molecule has 0 amide bonds. The first-order valence-electron chi connectivity index (χ1n) is 5.68. The third-order valence-corrected chi connectivity index (χ3v) is 1.41. The largest absolute Gasteiger partial charge is 0.394 e. The molecule has 0 radical (unpaired) electrons. The van der Waals surface area contributed by atoms with Crippen LogP contribution in [0.5, 0.6) is 0 Å². The fraction of sp³-hybridized carbons (Fsp3) is 0.429. The van der Waals surface area contributed by atoms with E-state index in [0.717, 1.165) is 0 Å². The summed E-state index contributed by atoms with van der Waals surface area (Å²) in [6, 6.07) is 0. The monoisotopic (exact) mass is 240 g/mol. The minimum atomic E-state index is -0.125. The number of aliphatic hydroxyl groups is 2. The molecular weight excluding hydrogens is 216 g/mol. The Hall–Kier alpha value is -1.16. The molecule has 0 spiro atoms. The van der Waals surface area contributed by atoms with E-state index in [1.807, 2.05) is 62.5 Å². The highest BCUT2D eigenvalue weighted by molar-refractivity contribution is 5.02. The lowest BCUT2D eigenvalue weighted by molar-refractivity contribution is 0.186. The molecule has 0 unspecified atom stereocenters. The summed E-state index contributed by atoms with van der Waals surface area (Å²) in [5, 5.41) is 15.2. The molecule has 0 bridgehead atoms. The Morgan fingerprint density at radius 1 is 0.765 bits per heavy atom. The molecule has 3 heteroatoms. The van der Waals surface area contributed by atoms with Crippen LogP contribution in [0.4, 0.5) is 0 Å². The first kappa shape index (κ1) is 18.2. The molecule has 0 rings (SSSR count). The lowest BCUT2D eigenvalue weighted by Crippen LogP contribution is -1.89. The predicted octanol–water partition coefficient (Wildman–Crippen LogP) is 2.24. The van der Waals surface area contributed by atoms with Crippen LogP contribution in [0, 0.1) is 0 Å². The number of hydrogen-bond donors (Lipinski definition) is 2. The van der Waals surface area contributed by atoms with Crippen molar-refractivity contribution in [1.29, 1.82) is 0 Å². The third kappa shape index (κ3) is 25.3. The van der Waals surface area contributed by atoms with Crippen LogP contribution in [0.15, 0.2) is 48.6 Å². The fourth-order valence-electron chi connectivity index (χ4n) is 0.695. The summed E-state index contributed by atoms with van der Waals surface area (Å²) in [7, 11) is 0. The van der Waals surface area contributed by atoms with Gasteiger partial charge in [0.05, 0.1) is 26.4 Å². The van der Waals surface area contributed by atoms with Crippen molar-refractivity contribution in [2.75, 3.05) is 26.4 Å². The zero-order valence-electron chi connectivity index (χ0n) is 10.7. The molecule has 0 aromatic heterocycles. The van der Waals surface area contributed by atoms with Gasteiger partial charge in [0.25, 0.3) is 0 Å². The van der Waals surface area contributed by atoms with Crippen LogP contribution in [-0.2, 0) is 4.74 Å². The van der Waals surface area contributed by atoms with Crippen molar-refractivity contribution in [3.05, 3.63) is 48.6 Å². The van der Waals surface area contributed by atoms with E-state index in [2.05, 4.69) is 0 Å². The van der Waals surface area contributed by atoms with Crippen molar-refractivity contribution >= 4 is 0 Å². The van der Waals surface area contributed by atoms with Crippen molar-refractivity contribution < 1.29 is 14.9 Å². The Labute approximate surface area is 104 Å². The van der Waals surface area contributed by atoms with Gasteiger partial charge < -0.3 is 14.9 Å². The van der Waals surface area contributed by atoms with Crippen molar-refractivity contribution in [2.24, 2.45) is 0 Å². The maximum Gasteiger partial charge on any atom is 0.0662 e. The van der Waals surface area contributed by atoms with E-state index < -0.39 is 0 Å². The predicted molar refractivity (Wildman–Crippen MR) is 72.9 cm³/mol. The minimum absolute atomic E-state index is 0.125. The van der Waals surface area contributed by atoms with Crippen LogP contribution in [0.2, 0.25) is 0 Å². The molecule has 0 saturated heterocycles. The van der Waals surface area contributed by atoms with Crippen LogP contribution in [0.1, 0.15) is 13.8 Å². The van der Waals surface area contributed by atoms with E-state index in [-0.39, 0.29) is 13.2 Å². The molecule has 2 N–H and O–H groups in total. The highest BCUT2D eigenvalue weighted by Gasteiger charge is 1.75. The van der Waals surface area contributed by atoms with Gasteiger partial charge >= 0.3 is 0 Å². The summed E-state index contributed by atoms with van der Waals surface area (Å²) >= 11 is 0. The number of hydrogen-bond acceptors (Lipinski definition) is 3. The van der Waals surface area contributed by atoms with Gasteiger partial charge in [0, 0.05) is 0 Å². The SMILES string of the molecule is C/C=C/C=C/COC/C=C/C=C/C.OCCO. The Bertz CT molecular complexity index is 204. The van der Waals surface area contributed by atoms with E-state index in [0.29, 0.717) is 13.2 Å². The van der Waals surface area contributed by atoms with Gasteiger partial charge in [-0.2, -0.15) is 0 Å². The molecule has 0 aromatic rings. The van der Waals surface area contributed by atoms with Crippen molar-refractivity contribution in [3.63, 3.8) is 0 Å². The topological polar surface area (TPSA) is 49.7 Å². The van der Waals surface area contributed by atoms with Gasteiger partial charge in [0.1, 0.15) is 0 Å². The summed E-state index contributed by atoms with van der Waals surface area (Å²) in [6.45, 7) is 5.07. The Balaban J connectivity index is 0. The van der Waals surface area contributed by atoms with Gasteiger partial charge in [0.2, 0.25) is 0 Å². The summed E-state index contributed by atoms with van der Waals surface area (Å²) < 4.78 is 5.29. The van der Waals surface area contributed by atoms with Gasteiger partial charge in [-0.25, -0.2) is 0 Å². The maximum atomic E-state index is 7.62. The van der Waals surface area contributed by atoms with Crippen LogP contribution in [-0.4, -0.2) is 36.6 Å². The molecule has 0 aliphatic carbocycles. The van der Waals surface area contributed by atoms with Crippen LogP contribution in [0.3, 0.4) is 0 Å². The number of aliphatic hydroxyl groups excluding tert-OH is 2. The smallest absolute Gasteiger partial charge is 0.0662 e. The molecule has 0 aliphatic rings. The molecule has 0 saturated carbocycles. The Morgan fingerprint density at radius 2 is 1.18 bits per heavy atom. The standard InChI is InChI=1S/C12H18O.C2H6O2/c1-3-5-7-9-11-13-12-10-8-6-4-2;3-1-2-4/h3-10H,11-12H2,1-2H3;3-4H,1-2H2/b5-3+,6-4+,9-7+,10-8+;. The van der Waals surface area contributed by atoms with Crippen molar-refractivity contribution in [3.8, 4) is 0 Å². The number of ether oxygens (including phenoxy) is 1. The second-order valence-electron chi connectivity index (χ2n) is 2.89. The van der Waals surface area contributed by atoms with Gasteiger partial charge in [-0.1, -0.05) is 48.6 Å². The zero-order chi connectivity index (χ0) is 13.2. The van der Waals surface area contributed by atoms with Crippen molar-refractivity contribution in [2.45, 2.75) is 13.8 Å². The van der Waals surface area contributed by atoms with Gasteiger partial charge in [-0.3, -0.25) is 0 Å². The van der Waals surface area contributed by atoms with E-state index in [4.69, 9.17) is 14.9 Å². The second kappa shape index (κ2) is 20.3. The molecule has 98 valence electrons. The third-order valence-electron chi connectivity index (χ3n) is 1.41. The fourth-order valence-corrected chi connectivity index (χ4v) is 0.695. The quantitative estimate of drug-likeness (QED) is 0.530. The number of rotatable bonds is 7. The number of allylic oxidation sites excluding steroid dienone is 6. The highest BCUT2D eigenvalue weighted by atomic mass is 16.5. The Morgan fingerprint density at radius 3 is 1.47 bits per heavy atom. The molecular formula is C14H24O3. The lowest BCUT2D eigenvalue weighted by atomic mass is 10.4. The van der Waals surface area contributed by atoms with Crippen LogP contribution >= 0.6 is 0 Å².